The maximum absolute atomic E-state index is 13.3. The van der Waals surface area contributed by atoms with E-state index in [1.165, 1.54) is 17.0 Å². The highest BCUT2D eigenvalue weighted by Gasteiger charge is 2.06. The summed E-state index contributed by atoms with van der Waals surface area (Å²) in [5, 5.41) is 7.67. The van der Waals surface area contributed by atoms with Gasteiger partial charge in [0.2, 0.25) is 0 Å². The van der Waals surface area contributed by atoms with Crippen molar-refractivity contribution in [1.29, 1.82) is 0 Å². The van der Waals surface area contributed by atoms with E-state index in [2.05, 4.69) is 25.6 Å². The number of aromatic amines is 1. The van der Waals surface area contributed by atoms with Crippen molar-refractivity contribution in [2.24, 2.45) is 4.99 Å². The van der Waals surface area contributed by atoms with E-state index >= 15 is 0 Å². The number of aliphatic imine (C=N–C) groups is 1. The molecule has 0 aliphatic heterocycles. The van der Waals surface area contributed by atoms with Gasteiger partial charge in [0.15, 0.2) is 5.96 Å². The quantitative estimate of drug-likeness (QED) is 0.280. The molecule has 2 aromatic heterocycles. The van der Waals surface area contributed by atoms with Crippen molar-refractivity contribution in [2.75, 3.05) is 13.1 Å². The van der Waals surface area contributed by atoms with Gasteiger partial charge in [-0.1, -0.05) is 0 Å². The van der Waals surface area contributed by atoms with E-state index in [1.807, 2.05) is 31.6 Å². The molecule has 0 saturated heterocycles. The van der Waals surface area contributed by atoms with Crippen LogP contribution in [0.4, 0.5) is 4.39 Å². The lowest BCUT2D eigenvalue weighted by atomic mass is 10.1. The molecular weight excluding hydrogens is 464 g/mol. The minimum Gasteiger partial charge on any atom is -0.361 e. The van der Waals surface area contributed by atoms with Crippen molar-refractivity contribution in [3.05, 3.63) is 51.9 Å². The van der Waals surface area contributed by atoms with Crippen LogP contribution in [-0.4, -0.2) is 29.0 Å². The van der Waals surface area contributed by atoms with E-state index in [0.29, 0.717) is 6.54 Å². The number of rotatable bonds is 6. The summed E-state index contributed by atoms with van der Waals surface area (Å²) in [6, 6.07) is 4.84. The fraction of sp³-hybridized carbons (Fsp3) is 0.333. The lowest BCUT2D eigenvalue weighted by Gasteiger charge is -2.11. The first-order chi connectivity index (χ1) is 12.2. The van der Waals surface area contributed by atoms with Gasteiger partial charge in [0, 0.05) is 35.1 Å². The fourth-order valence-electron chi connectivity index (χ4n) is 2.65. The minimum atomic E-state index is -0.223. The summed E-state index contributed by atoms with van der Waals surface area (Å²) in [4.78, 5) is 13.2. The van der Waals surface area contributed by atoms with Gasteiger partial charge in [-0.15, -0.1) is 35.3 Å². The maximum atomic E-state index is 13.3. The number of halogens is 2. The molecule has 0 amide bonds. The number of thiazole rings is 1. The Bertz CT molecular complexity index is 873. The molecule has 0 aliphatic rings. The number of aromatic nitrogens is 2. The van der Waals surface area contributed by atoms with Crippen LogP contribution < -0.4 is 10.6 Å². The van der Waals surface area contributed by atoms with Crippen molar-refractivity contribution in [1.82, 2.24) is 20.6 Å². The van der Waals surface area contributed by atoms with Crippen LogP contribution in [0.25, 0.3) is 10.9 Å². The highest BCUT2D eigenvalue weighted by molar-refractivity contribution is 14.0. The molecule has 3 aromatic rings. The first-order valence-electron chi connectivity index (χ1n) is 8.34. The molecule has 3 N–H and O–H groups in total. The second kappa shape index (κ2) is 9.86. The van der Waals surface area contributed by atoms with Crippen LogP contribution in [0.3, 0.4) is 0 Å². The van der Waals surface area contributed by atoms with Gasteiger partial charge in [-0.05, 0) is 44.0 Å². The third kappa shape index (κ3) is 5.16. The Balaban J connectivity index is 0.00000243. The van der Waals surface area contributed by atoms with E-state index in [4.69, 9.17) is 0 Å². The van der Waals surface area contributed by atoms with Crippen LogP contribution in [0.5, 0.6) is 0 Å². The first kappa shape index (κ1) is 20.6. The second-order valence-electron chi connectivity index (χ2n) is 5.74. The molecule has 1 aromatic carbocycles. The van der Waals surface area contributed by atoms with Gasteiger partial charge in [0.05, 0.1) is 17.7 Å². The Morgan fingerprint density at radius 1 is 1.35 bits per heavy atom. The van der Waals surface area contributed by atoms with E-state index in [1.54, 1.807) is 11.3 Å². The molecule has 0 fully saturated rings. The number of guanidine groups is 1. The molecule has 0 saturated carbocycles. The Morgan fingerprint density at radius 2 is 2.19 bits per heavy atom. The molecule has 5 nitrogen and oxygen atoms in total. The fourth-order valence-corrected chi connectivity index (χ4v) is 3.35. The standard InChI is InChI=1S/C18H22FN5S.HI/c1-3-20-18(23-10-17-12(2)24-11-25-17)21-7-6-13-9-22-16-8-14(19)4-5-15(13)16;/h4-5,8-9,11,22H,3,6-7,10H2,1-2H3,(H2,20,21,23);1H. The Morgan fingerprint density at radius 3 is 2.92 bits per heavy atom. The number of hydrogen-bond acceptors (Lipinski definition) is 3. The lowest BCUT2D eigenvalue weighted by Crippen LogP contribution is -2.38. The Labute approximate surface area is 173 Å². The van der Waals surface area contributed by atoms with Crippen molar-refractivity contribution in [2.45, 2.75) is 26.8 Å². The SMILES string of the molecule is CCNC(=NCc1scnc1C)NCCc1c[nH]c2cc(F)ccc12.I. The molecular formula is C18H23FIN5S. The highest BCUT2D eigenvalue weighted by Crippen LogP contribution is 2.19. The van der Waals surface area contributed by atoms with Crippen molar-refractivity contribution < 1.29 is 4.39 Å². The number of nitrogens with one attached hydrogen (secondary N) is 3. The van der Waals surface area contributed by atoms with Gasteiger partial charge in [-0.3, -0.25) is 0 Å². The lowest BCUT2D eigenvalue weighted by molar-refractivity contribution is 0.629. The smallest absolute Gasteiger partial charge is 0.191 e. The summed E-state index contributed by atoms with van der Waals surface area (Å²) < 4.78 is 13.3. The zero-order chi connectivity index (χ0) is 17.6. The largest absolute Gasteiger partial charge is 0.361 e. The first-order valence-corrected chi connectivity index (χ1v) is 9.22. The zero-order valence-corrected chi connectivity index (χ0v) is 18.0. The number of benzene rings is 1. The molecule has 0 unspecified atom stereocenters. The van der Waals surface area contributed by atoms with Crippen LogP contribution in [0.2, 0.25) is 0 Å². The average molecular weight is 487 g/mol. The molecule has 0 radical (unpaired) electrons. The van der Waals surface area contributed by atoms with E-state index < -0.39 is 0 Å². The van der Waals surface area contributed by atoms with E-state index in [-0.39, 0.29) is 29.8 Å². The topological polar surface area (TPSA) is 65.1 Å². The number of nitrogens with zero attached hydrogens (tertiary/aromatic N) is 2. The van der Waals surface area contributed by atoms with Crippen LogP contribution >= 0.6 is 35.3 Å². The normalized spacial score (nSPS) is 11.4. The molecule has 2 heterocycles. The van der Waals surface area contributed by atoms with Gasteiger partial charge in [-0.2, -0.15) is 0 Å². The molecule has 140 valence electrons. The second-order valence-corrected chi connectivity index (χ2v) is 6.68. The summed E-state index contributed by atoms with van der Waals surface area (Å²) in [5.41, 5.74) is 4.88. The summed E-state index contributed by atoms with van der Waals surface area (Å²) in [6.45, 7) is 6.22. The predicted molar refractivity (Wildman–Crippen MR) is 117 cm³/mol. The Hall–Kier alpha value is -1.68. The van der Waals surface area contributed by atoms with Crippen LogP contribution in [0.15, 0.2) is 34.9 Å². The summed E-state index contributed by atoms with van der Waals surface area (Å²) in [7, 11) is 0. The van der Waals surface area contributed by atoms with Crippen molar-refractivity contribution in [3.63, 3.8) is 0 Å². The maximum Gasteiger partial charge on any atom is 0.191 e. The molecule has 0 atom stereocenters. The van der Waals surface area contributed by atoms with Crippen LogP contribution in [-0.2, 0) is 13.0 Å². The monoisotopic (exact) mass is 487 g/mol. The molecule has 0 bridgehead atoms. The third-order valence-electron chi connectivity index (χ3n) is 3.99. The van der Waals surface area contributed by atoms with E-state index in [0.717, 1.165) is 47.6 Å². The van der Waals surface area contributed by atoms with Crippen molar-refractivity contribution >= 4 is 52.2 Å². The summed E-state index contributed by atoms with van der Waals surface area (Å²) >= 11 is 1.63. The van der Waals surface area contributed by atoms with Crippen LogP contribution in [0, 0.1) is 12.7 Å². The van der Waals surface area contributed by atoms with Crippen LogP contribution in [0.1, 0.15) is 23.1 Å². The molecule has 0 aliphatic carbocycles. The number of aryl methyl sites for hydroxylation is 1. The number of hydrogen-bond donors (Lipinski definition) is 3. The zero-order valence-electron chi connectivity index (χ0n) is 14.8. The summed E-state index contributed by atoms with van der Waals surface area (Å²) in [5.74, 6) is 0.570. The summed E-state index contributed by atoms with van der Waals surface area (Å²) in [6.07, 6.45) is 2.77. The third-order valence-corrected chi connectivity index (χ3v) is 4.91. The molecule has 8 heteroatoms. The highest BCUT2D eigenvalue weighted by atomic mass is 127. The van der Waals surface area contributed by atoms with Crippen molar-refractivity contribution in [3.8, 4) is 0 Å². The molecule has 26 heavy (non-hydrogen) atoms. The van der Waals surface area contributed by atoms with Gasteiger partial charge in [0.1, 0.15) is 5.82 Å². The number of fused-ring (bicyclic) bond motifs is 1. The predicted octanol–water partition coefficient (Wildman–Crippen LogP) is 3.99. The van der Waals surface area contributed by atoms with Gasteiger partial charge >= 0.3 is 0 Å². The minimum absolute atomic E-state index is 0. The molecule has 3 rings (SSSR count). The number of H-pyrrole nitrogens is 1. The molecule has 0 spiro atoms. The Kier molecular flexibility index (Phi) is 7.83. The van der Waals surface area contributed by atoms with Gasteiger partial charge in [-0.25, -0.2) is 14.4 Å². The van der Waals surface area contributed by atoms with E-state index in [9.17, 15) is 4.39 Å². The van der Waals surface area contributed by atoms with Gasteiger partial charge in [0.25, 0.3) is 0 Å². The van der Waals surface area contributed by atoms with Gasteiger partial charge < -0.3 is 15.6 Å². The average Bonchev–Trinajstić information content (AvgIpc) is 3.18.